The first-order chi connectivity index (χ1) is 11.7. The second-order valence-corrected chi connectivity index (χ2v) is 7.98. The fraction of sp³-hybridized carbons (Fsp3) is 0.722. The molecular weight excluding hydrogens is 449 g/mol. The standard InChI is InChI=1S/C18H31N3O2S.HI/c1-3-22-12-6-10-19-17(20-11-8-16-7-4-13-23-16)21-15-18(2)9-5-14-24-18;/h4,7,13H,3,5-6,8-12,14-15H2,1-2H3,(H2,19,20,21);1H. The van der Waals surface area contributed by atoms with Gasteiger partial charge in [-0.05, 0) is 51.0 Å². The summed E-state index contributed by atoms with van der Waals surface area (Å²) in [5.41, 5.74) is 0. The molecule has 1 unspecified atom stereocenters. The van der Waals surface area contributed by atoms with Crippen molar-refractivity contribution in [2.24, 2.45) is 4.99 Å². The van der Waals surface area contributed by atoms with Gasteiger partial charge in [-0.15, -0.1) is 24.0 Å². The average Bonchev–Trinajstić information content (AvgIpc) is 3.24. The van der Waals surface area contributed by atoms with E-state index in [1.54, 1.807) is 6.26 Å². The first-order valence-electron chi connectivity index (χ1n) is 8.98. The number of nitrogens with one attached hydrogen (secondary N) is 2. The highest BCUT2D eigenvalue weighted by molar-refractivity contribution is 14.0. The molecule has 0 bridgehead atoms. The van der Waals surface area contributed by atoms with Crippen LogP contribution in [0.3, 0.4) is 0 Å². The lowest BCUT2D eigenvalue weighted by molar-refractivity contribution is 0.145. The highest BCUT2D eigenvalue weighted by Crippen LogP contribution is 2.37. The molecule has 5 nitrogen and oxygen atoms in total. The number of rotatable bonds is 10. The first-order valence-corrected chi connectivity index (χ1v) is 9.97. The van der Waals surface area contributed by atoms with Crippen LogP contribution in [-0.2, 0) is 11.2 Å². The number of hydrogen-bond acceptors (Lipinski definition) is 4. The van der Waals surface area contributed by atoms with Crippen LogP contribution in [0.2, 0.25) is 0 Å². The van der Waals surface area contributed by atoms with E-state index in [4.69, 9.17) is 14.1 Å². The van der Waals surface area contributed by atoms with E-state index < -0.39 is 0 Å². The number of thioether (sulfide) groups is 1. The summed E-state index contributed by atoms with van der Waals surface area (Å²) in [6.07, 6.45) is 6.12. The van der Waals surface area contributed by atoms with Crippen LogP contribution >= 0.6 is 35.7 Å². The van der Waals surface area contributed by atoms with Gasteiger partial charge in [0.25, 0.3) is 0 Å². The molecule has 144 valence electrons. The third kappa shape index (κ3) is 9.19. The van der Waals surface area contributed by atoms with E-state index in [9.17, 15) is 0 Å². The van der Waals surface area contributed by atoms with Gasteiger partial charge in [-0.25, -0.2) is 0 Å². The number of ether oxygens (including phenoxy) is 1. The molecule has 1 atom stereocenters. The van der Waals surface area contributed by atoms with Crippen molar-refractivity contribution in [2.45, 2.75) is 44.3 Å². The van der Waals surface area contributed by atoms with Gasteiger partial charge >= 0.3 is 0 Å². The molecule has 1 aromatic heterocycles. The zero-order chi connectivity index (χ0) is 17.1. The molecule has 0 aromatic carbocycles. The minimum absolute atomic E-state index is 0. The molecule has 1 fully saturated rings. The number of halogens is 1. The molecule has 2 N–H and O–H groups in total. The Hall–Kier alpha value is -0.410. The van der Waals surface area contributed by atoms with Gasteiger partial charge in [-0.3, -0.25) is 4.99 Å². The maximum atomic E-state index is 5.39. The van der Waals surface area contributed by atoms with Crippen molar-refractivity contribution in [1.82, 2.24) is 10.6 Å². The molecule has 0 aliphatic carbocycles. The summed E-state index contributed by atoms with van der Waals surface area (Å²) in [7, 11) is 0. The van der Waals surface area contributed by atoms with E-state index in [0.717, 1.165) is 57.4 Å². The van der Waals surface area contributed by atoms with E-state index in [1.165, 1.54) is 18.6 Å². The summed E-state index contributed by atoms with van der Waals surface area (Å²) >= 11 is 2.05. The molecule has 1 aromatic rings. The minimum atomic E-state index is 0. The lowest BCUT2D eigenvalue weighted by Gasteiger charge is -2.21. The number of guanidine groups is 1. The van der Waals surface area contributed by atoms with E-state index >= 15 is 0 Å². The van der Waals surface area contributed by atoms with E-state index in [1.807, 2.05) is 30.8 Å². The van der Waals surface area contributed by atoms with Crippen molar-refractivity contribution >= 4 is 41.7 Å². The summed E-state index contributed by atoms with van der Waals surface area (Å²) in [6, 6.07) is 3.93. The fourth-order valence-electron chi connectivity index (χ4n) is 2.67. The Morgan fingerprint density at radius 3 is 2.92 bits per heavy atom. The van der Waals surface area contributed by atoms with Crippen molar-refractivity contribution in [1.29, 1.82) is 0 Å². The van der Waals surface area contributed by atoms with Crippen LogP contribution in [0.4, 0.5) is 0 Å². The van der Waals surface area contributed by atoms with Crippen LogP contribution in [0, 0.1) is 0 Å². The fourth-order valence-corrected chi connectivity index (χ4v) is 3.89. The van der Waals surface area contributed by atoms with Gasteiger partial charge in [0.15, 0.2) is 5.96 Å². The maximum Gasteiger partial charge on any atom is 0.191 e. The maximum absolute atomic E-state index is 5.39. The summed E-state index contributed by atoms with van der Waals surface area (Å²) < 4.78 is 11.1. The Balaban J connectivity index is 0.00000312. The summed E-state index contributed by atoms with van der Waals surface area (Å²) in [5.74, 6) is 3.15. The van der Waals surface area contributed by atoms with Gasteiger partial charge in [-0.1, -0.05) is 0 Å². The second-order valence-electron chi connectivity index (χ2n) is 6.30. The van der Waals surface area contributed by atoms with Crippen molar-refractivity contribution < 1.29 is 9.15 Å². The predicted octanol–water partition coefficient (Wildman–Crippen LogP) is 3.69. The highest BCUT2D eigenvalue weighted by Gasteiger charge is 2.29. The molecule has 25 heavy (non-hydrogen) atoms. The third-order valence-electron chi connectivity index (χ3n) is 4.08. The number of aliphatic imine (C=N–C) groups is 1. The predicted molar refractivity (Wildman–Crippen MR) is 117 cm³/mol. The Labute approximate surface area is 173 Å². The van der Waals surface area contributed by atoms with Crippen molar-refractivity contribution in [3.8, 4) is 0 Å². The molecule has 0 spiro atoms. The van der Waals surface area contributed by atoms with E-state index in [-0.39, 0.29) is 24.0 Å². The lowest BCUT2D eigenvalue weighted by Crippen LogP contribution is -2.40. The number of hydrogen-bond donors (Lipinski definition) is 2. The molecule has 2 rings (SSSR count). The zero-order valence-electron chi connectivity index (χ0n) is 15.4. The molecule has 7 heteroatoms. The molecule has 1 aliphatic rings. The smallest absolute Gasteiger partial charge is 0.191 e. The van der Waals surface area contributed by atoms with Gasteiger partial charge in [0.05, 0.1) is 12.8 Å². The third-order valence-corrected chi connectivity index (χ3v) is 5.60. The normalized spacial score (nSPS) is 20.3. The summed E-state index contributed by atoms with van der Waals surface area (Å²) in [5, 5.41) is 6.84. The van der Waals surface area contributed by atoms with Crippen LogP contribution in [0.5, 0.6) is 0 Å². The van der Waals surface area contributed by atoms with Gasteiger partial charge in [0.2, 0.25) is 0 Å². The van der Waals surface area contributed by atoms with Crippen LogP contribution < -0.4 is 10.6 Å². The Morgan fingerprint density at radius 1 is 1.40 bits per heavy atom. The van der Waals surface area contributed by atoms with Crippen molar-refractivity contribution in [2.75, 3.05) is 38.6 Å². The molecule has 2 heterocycles. The largest absolute Gasteiger partial charge is 0.469 e. The van der Waals surface area contributed by atoms with Gasteiger partial charge < -0.3 is 19.8 Å². The Morgan fingerprint density at radius 2 is 2.24 bits per heavy atom. The second kappa shape index (κ2) is 12.9. The van der Waals surface area contributed by atoms with Crippen LogP contribution in [0.1, 0.15) is 38.9 Å². The lowest BCUT2D eigenvalue weighted by atomic mass is 10.1. The van der Waals surface area contributed by atoms with Crippen LogP contribution in [0.15, 0.2) is 27.8 Å². The monoisotopic (exact) mass is 481 g/mol. The quantitative estimate of drug-likeness (QED) is 0.231. The summed E-state index contributed by atoms with van der Waals surface area (Å²) in [4.78, 5) is 4.82. The van der Waals surface area contributed by atoms with Crippen LogP contribution in [-0.4, -0.2) is 49.3 Å². The zero-order valence-corrected chi connectivity index (χ0v) is 18.5. The van der Waals surface area contributed by atoms with Gasteiger partial charge in [0.1, 0.15) is 5.76 Å². The van der Waals surface area contributed by atoms with E-state index in [2.05, 4.69) is 17.6 Å². The topological polar surface area (TPSA) is 58.8 Å². The van der Waals surface area contributed by atoms with Crippen molar-refractivity contribution in [3.05, 3.63) is 24.2 Å². The van der Waals surface area contributed by atoms with Crippen molar-refractivity contribution in [3.63, 3.8) is 0 Å². The highest BCUT2D eigenvalue weighted by atomic mass is 127. The first kappa shape index (κ1) is 22.6. The Bertz CT molecular complexity index is 477. The molecular formula is C18H32IN3O2S. The molecule has 0 amide bonds. The number of nitrogens with zero attached hydrogens (tertiary/aromatic N) is 1. The van der Waals surface area contributed by atoms with Gasteiger partial charge in [-0.2, -0.15) is 11.8 Å². The number of furan rings is 1. The van der Waals surface area contributed by atoms with Gasteiger partial charge in [0, 0.05) is 37.5 Å². The van der Waals surface area contributed by atoms with Crippen LogP contribution in [0.25, 0.3) is 0 Å². The minimum Gasteiger partial charge on any atom is -0.469 e. The molecule has 1 saturated heterocycles. The average molecular weight is 481 g/mol. The Kier molecular flexibility index (Phi) is 11.6. The SMILES string of the molecule is CCOCCCNC(=NCC1(C)CCCS1)NCCc1ccco1.I. The summed E-state index contributed by atoms with van der Waals surface area (Å²) in [6.45, 7) is 8.46. The molecule has 1 aliphatic heterocycles. The molecule has 0 saturated carbocycles. The molecule has 0 radical (unpaired) electrons. The van der Waals surface area contributed by atoms with E-state index in [0.29, 0.717) is 4.75 Å².